The summed E-state index contributed by atoms with van der Waals surface area (Å²) in [6.07, 6.45) is -5.33. The van der Waals surface area contributed by atoms with Crippen molar-refractivity contribution >= 4 is 12.0 Å². The van der Waals surface area contributed by atoms with Crippen LogP contribution >= 0.6 is 0 Å². The van der Waals surface area contributed by atoms with Gasteiger partial charge in [-0.05, 0) is 25.5 Å². The number of hydrogen-bond donors (Lipinski definition) is 1. The number of ether oxygens (including phenoxy) is 3. The lowest BCUT2D eigenvalue weighted by Crippen LogP contribution is -2.62. The van der Waals surface area contributed by atoms with Crippen molar-refractivity contribution < 1.29 is 37.0 Å². The number of carbonyl (C=O) groups is 2. The molecule has 0 unspecified atom stereocenters. The molecule has 1 N–H and O–H groups in total. The van der Waals surface area contributed by atoms with Gasteiger partial charge in [0.15, 0.2) is 0 Å². The van der Waals surface area contributed by atoms with Crippen LogP contribution in [0.2, 0.25) is 0 Å². The SMILES string of the molecule is CO[C@](C(=O)N1CCC2(CC1)OC(=O)NC[C@H]2c1ccccc1OCc1ccccc1)(c1cc(C)cc(C)c1)C(F)(F)F. The quantitative estimate of drug-likeness (QED) is 0.353. The van der Waals surface area contributed by atoms with Crippen molar-refractivity contribution in [2.45, 2.75) is 56.6 Å². The maximum absolute atomic E-state index is 14.8. The molecule has 2 aliphatic heterocycles. The largest absolute Gasteiger partial charge is 0.489 e. The molecule has 10 heteroatoms. The number of alkyl carbamates (subject to hydrolysis) is 1. The number of rotatable bonds is 7. The highest BCUT2D eigenvalue weighted by Gasteiger charge is 2.64. The molecular weight excluding hydrogens is 561 g/mol. The van der Waals surface area contributed by atoms with Crippen molar-refractivity contribution in [2.75, 3.05) is 26.7 Å². The highest BCUT2D eigenvalue weighted by atomic mass is 19.4. The van der Waals surface area contributed by atoms with Gasteiger partial charge in [-0.25, -0.2) is 4.79 Å². The summed E-state index contributed by atoms with van der Waals surface area (Å²) in [6, 6.07) is 21.6. The summed E-state index contributed by atoms with van der Waals surface area (Å²) in [7, 11) is 0.908. The summed E-state index contributed by atoms with van der Waals surface area (Å²) in [6.45, 7) is 3.84. The average Bonchev–Trinajstić information content (AvgIpc) is 2.97. The van der Waals surface area contributed by atoms with E-state index in [1.54, 1.807) is 19.9 Å². The Kier molecular flexibility index (Phi) is 8.42. The Labute approximate surface area is 248 Å². The Hall–Kier alpha value is -4.05. The molecule has 0 aromatic heterocycles. The zero-order valence-corrected chi connectivity index (χ0v) is 24.4. The van der Waals surface area contributed by atoms with Crippen molar-refractivity contribution in [1.29, 1.82) is 0 Å². The first kappa shape index (κ1) is 30.4. The van der Waals surface area contributed by atoms with E-state index in [1.165, 1.54) is 17.0 Å². The summed E-state index contributed by atoms with van der Waals surface area (Å²) in [5.74, 6) is -0.923. The lowest BCUT2D eigenvalue weighted by atomic mass is 9.74. The van der Waals surface area contributed by atoms with Crippen molar-refractivity contribution in [3.8, 4) is 5.75 Å². The maximum Gasteiger partial charge on any atom is 0.430 e. The second kappa shape index (κ2) is 11.9. The zero-order chi connectivity index (χ0) is 30.8. The Morgan fingerprint density at radius 1 is 1.00 bits per heavy atom. The Bertz CT molecular complexity index is 1450. The van der Waals surface area contributed by atoms with Gasteiger partial charge in [0.1, 0.15) is 18.0 Å². The third-order valence-corrected chi connectivity index (χ3v) is 8.44. The molecule has 2 atom stereocenters. The molecule has 3 aromatic carbocycles. The van der Waals surface area contributed by atoms with Crippen LogP contribution in [-0.2, 0) is 26.5 Å². The monoisotopic (exact) mass is 596 g/mol. The normalized spacial score (nSPS) is 19.7. The van der Waals surface area contributed by atoms with Crippen molar-refractivity contribution in [3.05, 3.63) is 101 Å². The van der Waals surface area contributed by atoms with Gasteiger partial charge in [0.2, 0.25) is 0 Å². The van der Waals surface area contributed by atoms with E-state index in [0.29, 0.717) is 23.5 Å². The van der Waals surface area contributed by atoms with E-state index in [4.69, 9.17) is 14.2 Å². The number of likely N-dealkylation sites (tertiary alicyclic amines) is 1. The first-order valence-electron chi connectivity index (χ1n) is 14.2. The highest BCUT2D eigenvalue weighted by molar-refractivity contribution is 5.88. The number of aryl methyl sites for hydroxylation is 2. The minimum atomic E-state index is -5.02. The van der Waals surface area contributed by atoms with Gasteiger partial charge in [-0.2, -0.15) is 13.2 Å². The first-order valence-corrected chi connectivity index (χ1v) is 14.2. The molecule has 2 fully saturated rings. The molecule has 5 rings (SSSR count). The van der Waals surface area contributed by atoms with Crippen LogP contribution in [0.3, 0.4) is 0 Å². The van der Waals surface area contributed by atoms with Gasteiger partial charge in [-0.1, -0.05) is 77.9 Å². The van der Waals surface area contributed by atoms with Crippen LogP contribution in [0.15, 0.2) is 72.8 Å². The van der Waals surface area contributed by atoms with Crippen LogP contribution in [0.1, 0.15) is 46.6 Å². The summed E-state index contributed by atoms with van der Waals surface area (Å²) >= 11 is 0. The summed E-state index contributed by atoms with van der Waals surface area (Å²) < 4.78 is 61.6. The number of piperidine rings is 1. The van der Waals surface area contributed by atoms with E-state index in [-0.39, 0.29) is 44.0 Å². The standard InChI is InChI=1S/C33H35F3N2O5/c1-22-17-23(2)19-25(18-22)32(41-3,33(34,35)36)29(39)38-15-13-31(14-16-38)27(20-37-30(40)43-31)26-11-7-8-12-28(26)42-21-24-9-5-4-6-10-24/h4-12,17-19,27H,13-16,20-21H2,1-3H3,(H,37,40)/t27-,32-/m0/s1. The smallest absolute Gasteiger partial charge is 0.430 e. The third kappa shape index (κ3) is 5.80. The molecule has 2 amide bonds. The average molecular weight is 597 g/mol. The highest BCUT2D eigenvalue weighted by Crippen LogP contribution is 2.48. The van der Waals surface area contributed by atoms with Gasteiger partial charge in [0.25, 0.3) is 11.5 Å². The molecule has 0 saturated carbocycles. The molecule has 0 bridgehead atoms. The predicted octanol–water partition coefficient (Wildman–Crippen LogP) is 6.17. The van der Waals surface area contributed by atoms with Gasteiger partial charge in [0.05, 0.1) is 0 Å². The van der Waals surface area contributed by atoms with Crippen LogP contribution < -0.4 is 10.1 Å². The number of halogens is 3. The lowest BCUT2D eigenvalue weighted by Gasteiger charge is -2.49. The van der Waals surface area contributed by atoms with Gasteiger partial charge in [-0.15, -0.1) is 0 Å². The number of amides is 2. The van der Waals surface area contributed by atoms with E-state index in [9.17, 15) is 22.8 Å². The van der Waals surface area contributed by atoms with Crippen molar-refractivity contribution in [3.63, 3.8) is 0 Å². The lowest BCUT2D eigenvalue weighted by molar-refractivity contribution is -0.271. The molecule has 228 valence electrons. The third-order valence-electron chi connectivity index (χ3n) is 8.44. The zero-order valence-electron chi connectivity index (χ0n) is 24.4. The molecule has 3 aromatic rings. The van der Waals surface area contributed by atoms with E-state index in [2.05, 4.69) is 5.32 Å². The second-order valence-electron chi connectivity index (χ2n) is 11.3. The van der Waals surface area contributed by atoms with Crippen LogP contribution in [0.5, 0.6) is 5.75 Å². The molecule has 43 heavy (non-hydrogen) atoms. The number of hydrogen-bond acceptors (Lipinski definition) is 5. The fourth-order valence-corrected chi connectivity index (χ4v) is 6.36. The Balaban J connectivity index is 1.42. The van der Waals surface area contributed by atoms with Crippen molar-refractivity contribution in [1.82, 2.24) is 10.2 Å². The Morgan fingerprint density at radius 2 is 1.63 bits per heavy atom. The first-order chi connectivity index (χ1) is 20.5. The molecular formula is C33H35F3N2O5. The molecule has 2 heterocycles. The van der Waals surface area contributed by atoms with Gasteiger partial charge in [0, 0.05) is 56.6 Å². The van der Waals surface area contributed by atoms with Gasteiger partial charge >= 0.3 is 12.3 Å². The predicted molar refractivity (Wildman–Crippen MR) is 154 cm³/mol. The summed E-state index contributed by atoms with van der Waals surface area (Å²) in [5, 5.41) is 2.76. The molecule has 1 spiro atoms. The number of para-hydroxylation sites is 1. The topological polar surface area (TPSA) is 77.1 Å². The Morgan fingerprint density at radius 3 is 2.26 bits per heavy atom. The summed E-state index contributed by atoms with van der Waals surface area (Å²) in [5.41, 5.74) is -1.50. The van der Waals surface area contributed by atoms with Crippen LogP contribution in [0, 0.1) is 13.8 Å². The summed E-state index contributed by atoms with van der Waals surface area (Å²) in [4.78, 5) is 27.5. The molecule has 2 aliphatic rings. The molecule has 0 radical (unpaired) electrons. The van der Waals surface area contributed by atoms with Crippen molar-refractivity contribution in [2.24, 2.45) is 0 Å². The van der Waals surface area contributed by atoms with E-state index in [1.807, 2.05) is 54.6 Å². The number of nitrogens with zero attached hydrogens (tertiary/aromatic N) is 1. The molecule has 7 nitrogen and oxygen atoms in total. The fraction of sp³-hybridized carbons (Fsp3) is 0.394. The van der Waals surface area contributed by atoms with Crippen LogP contribution in [-0.4, -0.2) is 55.4 Å². The van der Waals surface area contributed by atoms with Gasteiger partial charge in [-0.3, -0.25) is 4.79 Å². The van der Waals surface area contributed by atoms with Gasteiger partial charge < -0.3 is 24.4 Å². The number of alkyl halides is 3. The number of carbonyl (C=O) groups excluding carboxylic acids is 2. The minimum Gasteiger partial charge on any atom is -0.489 e. The van der Waals surface area contributed by atoms with Crippen LogP contribution in [0.25, 0.3) is 0 Å². The number of nitrogens with one attached hydrogen (secondary N) is 1. The van der Waals surface area contributed by atoms with E-state index >= 15 is 0 Å². The van der Waals surface area contributed by atoms with E-state index in [0.717, 1.165) is 18.2 Å². The van der Waals surface area contributed by atoms with Crippen LogP contribution in [0.4, 0.5) is 18.0 Å². The maximum atomic E-state index is 14.8. The second-order valence-corrected chi connectivity index (χ2v) is 11.3. The number of methoxy groups -OCH3 is 1. The molecule has 0 aliphatic carbocycles. The molecule has 2 saturated heterocycles. The minimum absolute atomic E-state index is 0.0539. The fourth-order valence-electron chi connectivity index (χ4n) is 6.36. The number of benzene rings is 3. The van der Waals surface area contributed by atoms with E-state index < -0.39 is 29.4 Å².